The zero-order valence-corrected chi connectivity index (χ0v) is 11.3. The lowest BCUT2D eigenvalue weighted by atomic mass is 9.87. The first kappa shape index (κ1) is 13.3. The summed E-state index contributed by atoms with van der Waals surface area (Å²) in [4.78, 5) is 0. The van der Waals surface area contributed by atoms with Crippen molar-refractivity contribution < 1.29 is 9.47 Å². The van der Waals surface area contributed by atoms with Gasteiger partial charge in [0.25, 0.3) is 0 Å². The van der Waals surface area contributed by atoms with Gasteiger partial charge < -0.3 is 9.47 Å². The van der Waals surface area contributed by atoms with Gasteiger partial charge in [0, 0.05) is 13.5 Å². The highest BCUT2D eigenvalue weighted by atomic mass is 16.5. The third kappa shape index (κ3) is 2.23. The van der Waals surface area contributed by atoms with Crippen molar-refractivity contribution in [3.05, 3.63) is 29.3 Å². The van der Waals surface area contributed by atoms with Crippen LogP contribution in [0.3, 0.4) is 0 Å². The molecule has 0 bridgehead atoms. The minimum absolute atomic E-state index is 0.0293. The number of hydrazine groups is 1. The highest BCUT2D eigenvalue weighted by molar-refractivity contribution is 5.41. The van der Waals surface area contributed by atoms with Crippen molar-refractivity contribution in [1.29, 1.82) is 0 Å². The maximum atomic E-state index is 5.73. The van der Waals surface area contributed by atoms with Crippen LogP contribution in [-0.2, 0) is 11.2 Å². The Kier molecular flexibility index (Phi) is 3.90. The van der Waals surface area contributed by atoms with E-state index in [0.717, 1.165) is 30.8 Å². The molecule has 3 N–H and O–H groups in total. The molecule has 0 amide bonds. The summed E-state index contributed by atoms with van der Waals surface area (Å²) in [6.07, 6.45) is 1.85. The van der Waals surface area contributed by atoms with E-state index in [2.05, 4.69) is 31.4 Å². The Labute approximate surface area is 108 Å². The second kappa shape index (κ2) is 5.26. The number of methoxy groups -OCH3 is 1. The molecule has 2 unspecified atom stereocenters. The topological polar surface area (TPSA) is 56.5 Å². The molecule has 0 saturated carbocycles. The highest BCUT2D eigenvalue weighted by Gasteiger charge is 2.33. The molecule has 2 atom stereocenters. The van der Waals surface area contributed by atoms with Crippen LogP contribution in [0.25, 0.3) is 0 Å². The Morgan fingerprint density at radius 2 is 2.33 bits per heavy atom. The number of rotatable bonds is 5. The molecule has 1 aliphatic heterocycles. The van der Waals surface area contributed by atoms with Gasteiger partial charge in [-0.2, -0.15) is 0 Å². The Hall–Kier alpha value is -1.10. The smallest absolute Gasteiger partial charge is 0.122 e. The van der Waals surface area contributed by atoms with Gasteiger partial charge in [-0.3, -0.25) is 11.3 Å². The number of nitrogens with two attached hydrogens (primary N) is 1. The van der Waals surface area contributed by atoms with Gasteiger partial charge >= 0.3 is 0 Å². The maximum absolute atomic E-state index is 5.73. The van der Waals surface area contributed by atoms with E-state index in [-0.39, 0.29) is 11.6 Å². The van der Waals surface area contributed by atoms with E-state index in [1.807, 2.05) is 6.07 Å². The van der Waals surface area contributed by atoms with Crippen LogP contribution in [0, 0.1) is 0 Å². The molecule has 1 heterocycles. The van der Waals surface area contributed by atoms with E-state index < -0.39 is 0 Å². The number of hydrogen-bond acceptors (Lipinski definition) is 4. The molecular weight excluding hydrogens is 228 g/mol. The predicted molar refractivity (Wildman–Crippen MR) is 71.4 cm³/mol. The second-order valence-corrected chi connectivity index (χ2v) is 4.94. The molecule has 1 aromatic rings. The van der Waals surface area contributed by atoms with Crippen LogP contribution >= 0.6 is 0 Å². The zero-order valence-electron chi connectivity index (χ0n) is 11.3. The summed E-state index contributed by atoms with van der Waals surface area (Å²) in [5.41, 5.74) is 4.97. The third-order valence-electron chi connectivity index (χ3n) is 3.99. The molecule has 18 heavy (non-hydrogen) atoms. The van der Waals surface area contributed by atoms with E-state index in [1.54, 1.807) is 7.11 Å². The van der Waals surface area contributed by atoms with Gasteiger partial charge in [0.15, 0.2) is 0 Å². The van der Waals surface area contributed by atoms with Crippen LogP contribution in [0.2, 0.25) is 0 Å². The Balaban J connectivity index is 2.33. The molecule has 0 fully saturated rings. The van der Waals surface area contributed by atoms with Crippen LogP contribution in [-0.4, -0.2) is 19.3 Å². The van der Waals surface area contributed by atoms with Crippen molar-refractivity contribution in [2.45, 2.75) is 38.3 Å². The number of nitrogens with one attached hydrogen (secondary N) is 1. The zero-order chi connectivity index (χ0) is 13.2. The minimum atomic E-state index is -0.317. The van der Waals surface area contributed by atoms with E-state index in [9.17, 15) is 0 Å². The van der Waals surface area contributed by atoms with Gasteiger partial charge in [-0.1, -0.05) is 19.1 Å². The van der Waals surface area contributed by atoms with Crippen LogP contribution in [0.15, 0.2) is 18.2 Å². The Morgan fingerprint density at radius 3 is 2.94 bits per heavy atom. The van der Waals surface area contributed by atoms with E-state index >= 15 is 0 Å². The quantitative estimate of drug-likeness (QED) is 0.619. The van der Waals surface area contributed by atoms with E-state index in [4.69, 9.17) is 15.3 Å². The number of ether oxygens (including phenoxy) is 2. The second-order valence-electron chi connectivity index (χ2n) is 4.94. The fourth-order valence-corrected chi connectivity index (χ4v) is 2.48. The molecule has 4 nitrogen and oxygen atoms in total. The van der Waals surface area contributed by atoms with Crippen molar-refractivity contribution in [3.63, 3.8) is 0 Å². The van der Waals surface area contributed by atoms with Crippen molar-refractivity contribution in [1.82, 2.24) is 5.43 Å². The monoisotopic (exact) mass is 250 g/mol. The van der Waals surface area contributed by atoms with Gasteiger partial charge in [0.2, 0.25) is 0 Å². The van der Waals surface area contributed by atoms with Gasteiger partial charge in [0.05, 0.1) is 18.2 Å². The van der Waals surface area contributed by atoms with Crippen molar-refractivity contribution in [3.8, 4) is 5.75 Å². The summed E-state index contributed by atoms with van der Waals surface area (Å²) in [7, 11) is 1.73. The molecule has 0 radical (unpaired) electrons. The molecule has 1 aromatic carbocycles. The van der Waals surface area contributed by atoms with Crippen LogP contribution in [0.5, 0.6) is 5.75 Å². The van der Waals surface area contributed by atoms with Gasteiger partial charge in [-0.05, 0) is 30.5 Å². The van der Waals surface area contributed by atoms with Gasteiger partial charge in [0.1, 0.15) is 5.75 Å². The molecule has 1 aliphatic rings. The SMILES string of the molecule is CCC(C)(OC)C(NN)c1ccc2c(c1)CCO2. The third-order valence-corrected chi connectivity index (χ3v) is 3.99. The summed E-state index contributed by atoms with van der Waals surface area (Å²) < 4.78 is 11.2. The summed E-state index contributed by atoms with van der Waals surface area (Å²) in [5.74, 6) is 6.72. The van der Waals surface area contributed by atoms with Gasteiger partial charge in [-0.25, -0.2) is 0 Å². The lowest BCUT2D eigenvalue weighted by Gasteiger charge is -2.35. The Morgan fingerprint density at radius 1 is 1.56 bits per heavy atom. The first-order chi connectivity index (χ1) is 8.64. The first-order valence-corrected chi connectivity index (χ1v) is 6.41. The summed E-state index contributed by atoms with van der Waals surface area (Å²) in [6, 6.07) is 6.22. The van der Waals surface area contributed by atoms with Gasteiger partial charge in [-0.15, -0.1) is 0 Å². The summed E-state index contributed by atoms with van der Waals surface area (Å²) >= 11 is 0. The lowest BCUT2D eigenvalue weighted by Crippen LogP contribution is -2.45. The lowest BCUT2D eigenvalue weighted by molar-refractivity contribution is -0.0300. The largest absolute Gasteiger partial charge is 0.493 e. The first-order valence-electron chi connectivity index (χ1n) is 6.41. The average molecular weight is 250 g/mol. The number of hydrogen-bond donors (Lipinski definition) is 2. The predicted octanol–water partition coefficient (Wildman–Crippen LogP) is 1.94. The number of fused-ring (bicyclic) bond motifs is 1. The summed E-state index contributed by atoms with van der Waals surface area (Å²) in [5, 5.41) is 0. The molecule has 0 saturated heterocycles. The molecule has 0 spiro atoms. The van der Waals surface area contributed by atoms with E-state index in [0.29, 0.717) is 0 Å². The van der Waals surface area contributed by atoms with Crippen LogP contribution < -0.4 is 16.0 Å². The molecule has 0 aliphatic carbocycles. The molecule has 2 rings (SSSR count). The molecule has 100 valence electrons. The fraction of sp³-hybridized carbons (Fsp3) is 0.571. The Bertz CT molecular complexity index is 416. The average Bonchev–Trinajstić information content (AvgIpc) is 2.86. The van der Waals surface area contributed by atoms with Crippen LogP contribution in [0.1, 0.15) is 37.4 Å². The maximum Gasteiger partial charge on any atom is 0.122 e. The minimum Gasteiger partial charge on any atom is -0.493 e. The van der Waals surface area contributed by atoms with Crippen molar-refractivity contribution >= 4 is 0 Å². The summed E-state index contributed by atoms with van der Waals surface area (Å²) in [6.45, 7) is 4.94. The van der Waals surface area contributed by atoms with Crippen molar-refractivity contribution in [2.75, 3.05) is 13.7 Å². The number of benzene rings is 1. The standard InChI is InChI=1S/C14H22N2O2/c1-4-14(2,17-3)13(16-15)11-5-6-12-10(9-11)7-8-18-12/h5-6,9,13,16H,4,7-8,15H2,1-3H3. The highest BCUT2D eigenvalue weighted by Crippen LogP contribution is 2.34. The normalized spacial score (nSPS) is 18.9. The fourth-order valence-electron chi connectivity index (χ4n) is 2.48. The van der Waals surface area contributed by atoms with E-state index in [1.165, 1.54) is 5.56 Å². The molecule has 0 aromatic heterocycles. The molecule has 4 heteroatoms. The molecular formula is C14H22N2O2. The van der Waals surface area contributed by atoms with Crippen molar-refractivity contribution in [2.24, 2.45) is 5.84 Å². The van der Waals surface area contributed by atoms with Crippen LogP contribution in [0.4, 0.5) is 0 Å².